The fourth-order valence-corrected chi connectivity index (χ4v) is 5.40. The average Bonchev–Trinajstić information content (AvgIpc) is 3.43. The molecule has 13 heteroatoms. The summed E-state index contributed by atoms with van der Waals surface area (Å²) < 4.78 is 66.2. The van der Waals surface area contributed by atoms with E-state index in [-0.39, 0.29) is 23.6 Å². The summed E-state index contributed by atoms with van der Waals surface area (Å²) in [4.78, 5) is 19.2. The number of fused-ring (bicyclic) bond motifs is 1. The fraction of sp³-hybridized carbons (Fsp3) is 0.312. The van der Waals surface area contributed by atoms with E-state index in [1.54, 1.807) is 19.4 Å². The lowest BCUT2D eigenvalue weighted by Gasteiger charge is -2.13. The molecule has 0 radical (unpaired) electrons. The number of benzene rings is 2. The molecule has 1 aliphatic rings. The number of alkyl halides is 3. The maximum absolute atomic E-state index is 15.2. The van der Waals surface area contributed by atoms with Crippen LogP contribution in [0.2, 0.25) is 0 Å². The number of hydrogen-bond acceptors (Lipinski definition) is 7. The zero-order valence-electron chi connectivity index (χ0n) is 24.8. The van der Waals surface area contributed by atoms with E-state index in [4.69, 9.17) is 14.4 Å². The Morgan fingerprint density at radius 1 is 1.09 bits per heavy atom. The standard InChI is InChI=1S/C32H30F4N6O3/c1-41(2)30-24-12-22(16-37-29(24)42(39-30)17-19-4-8-23(44-3)9-5-19)20-6-7-21(25(33)13-20)14-28(43)38-27-15-26(45-40-27)31(10-11-31)18-32(34,35)36/h4-9,12-13,15-16H,10-11,14,17-18H2,1-3H3,(H,38,40,43). The number of anilines is 2. The molecule has 45 heavy (non-hydrogen) atoms. The number of rotatable bonds is 10. The van der Waals surface area contributed by atoms with Crippen molar-refractivity contribution >= 4 is 28.6 Å². The van der Waals surface area contributed by atoms with E-state index in [9.17, 15) is 18.0 Å². The summed E-state index contributed by atoms with van der Waals surface area (Å²) in [6.07, 6.45) is -3.34. The van der Waals surface area contributed by atoms with Crippen LogP contribution < -0.4 is 15.0 Å². The van der Waals surface area contributed by atoms with Crippen LogP contribution in [0.4, 0.5) is 29.2 Å². The highest BCUT2D eigenvalue weighted by Gasteiger charge is 2.54. The lowest BCUT2D eigenvalue weighted by Crippen LogP contribution is -2.19. The van der Waals surface area contributed by atoms with E-state index >= 15 is 4.39 Å². The van der Waals surface area contributed by atoms with Gasteiger partial charge in [0.15, 0.2) is 17.3 Å². The molecule has 234 valence electrons. The SMILES string of the molecule is COc1ccc(Cn2nc(N(C)C)c3cc(-c4ccc(CC(=O)Nc5cc(C6(CC(F)(F)F)CC6)on5)c(F)c4)cnc32)cc1. The Morgan fingerprint density at radius 2 is 1.84 bits per heavy atom. The number of carbonyl (C=O) groups is 1. The summed E-state index contributed by atoms with van der Waals surface area (Å²) in [7, 11) is 5.39. The van der Waals surface area contributed by atoms with Gasteiger partial charge in [-0.2, -0.15) is 18.3 Å². The molecule has 0 spiro atoms. The molecule has 0 bridgehead atoms. The second-order valence-corrected chi connectivity index (χ2v) is 11.5. The molecule has 1 N–H and O–H groups in total. The Bertz CT molecular complexity index is 1860. The van der Waals surface area contributed by atoms with E-state index in [1.807, 2.05) is 54.0 Å². The first kappa shape index (κ1) is 30.1. The summed E-state index contributed by atoms with van der Waals surface area (Å²) in [5.41, 5.74) is 1.96. The third-order valence-corrected chi connectivity index (χ3v) is 7.91. The molecule has 1 aliphatic carbocycles. The molecule has 3 aromatic heterocycles. The van der Waals surface area contributed by atoms with Gasteiger partial charge < -0.3 is 19.5 Å². The van der Waals surface area contributed by atoms with Crippen LogP contribution in [0.5, 0.6) is 5.75 Å². The maximum atomic E-state index is 15.2. The van der Waals surface area contributed by atoms with Gasteiger partial charge in [0, 0.05) is 37.3 Å². The zero-order valence-corrected chi connectivity index (χ0v) is 24.8. The highest BCUT2D eigenvalue weighted by atomic mass is 19.4. The molecule has 6 rings (SSSR count). The van der Waals surface area contributed by atoms with Gasteiger partial charge in [0.1, 0.15) is 17.3 Å². The molecule has 0 atom stereocenters. The number of amides is 1. The second kappa shape index (κ2) is 11.5. The van der Waals surface area contributed by atoms with Gasteiger partial charge in [-0.05, 0) is 53.8 Å². The minimum absolute atomic E-state index is 0.0101. The first-order valence-electron chi connectivity index (χ1n) is 14.2. The van der Waals surface area contributed by atoms with Gasteiger partial charge >= 0.3 is 6.18 Å². The highest BCUT2D eigenvalue weighted by Crippen LogP contribution is 2.55. The minimum atomic E-state index is -4.34. The zero-order chi connectivity index (χ0) is 31.9. The van der Waals surface area contributed by atoms with E-state index in [0.717, 1.165) is 16.7 Å². The summed E-state index contributed by atoms with van der Waals surface area (Å²) in [6, 6.07) is 15.5. The molecule has 3 heterocycles. The quantitative estimate of drug-likeness (QED) is 0.177. The van der Waals surface area contributed by atoms with Crippen LogP contribution in [-0.4, -0.2) is 53.2 Å². The molecule has 0 saturated heterocycles. The van der Waals surface area contributed by atoms with Crippen molar-refractivity contribution in [1.82, 2.24) is 19.9 Å². The molecular formula is C32H30F4N6O3. The molecule has 5 aromatic rings. The number of halogens is 4. The van der Waals surface area contributed by atoms with Crippen molar-refractivity contribution in [3.63, 3.8) is 0 Å². The van der Waals surface area contributed by atoms with Crippen molar-refractivity contribution in [3.05, 3.63) is 83.5 Å². The normalized spacial score (nSPS) is 14.0. The highest BCUT2D eigenvalue weighted by molar-refractivity contribution is 5.92. The molecular weight excluding hydrogens is 592 g/mol. The van der Waals surface area contributed by atoms with E-state index in [1.165, 1.54) is 18.2 Å². The number of pyridine rings is 1. The molecule has 1 saturated carbocycles. The predicted octanol–water partition coefficient (Wildman–Crippen LogP) is 6.51. The smallest absolute Gasteiger partial charge is 0.390 e. The largest absolute Gasteiger partial charge is 0.497 e. The van der Waals surface area contributed by atoms with E-state index in [0.29, 0.717) is 42.0 Å². The van der Waals surface area contributed by atoms with E-state index < -0.39 is 29.7 Å². The van der Waals surface area contributed by atoms with Gasteiger partial charge in [-0.3, -0.25) is 4.79 Å². The van der Waals surface area contributed by atoms with Gasteiger partial charge in [0.2, 0.25) is 5.91 Å². The van der Waals surface area contributed by atoms with Crippen LogP contribution in [0, 0.1) is 5.82 Å². The Morgan fingerprint density at radius 3 is 2.49 bits per heavy atom. The fourth-order valence-electron chi connectivity index (χ4n) is 5.40. The van der Waals surface area contributed by atoms with Gasteiger partial charge in [0.25, 0.3) is 0 Å². The third-order valence-electron chi connectivity index (χ3n) is 7.91. The van der Waals surface area contributed by atoms with E-state index in [2.05, 4.69) is 15.5 Å². The number of ether oxygens (including phenoxy) is 1. The monoisotopic (exact) mass is 622 g/mol. The number of carbonyl (C=O) groups excluding carboxylic acids is 1. The summed E-state index contributed by atoms with van der Waals surface area (Å²) in [6.45, 7) is 0.496. The summed E-state index contributed by atoms with van der Waals surface area (Å²) in [5.74, 6) is 0.379. The van der Waals surface area contributed by atoms with Crippen LogP contribution >= 0.6 is 0 Å². The first-order chi connectivity index (χ1) is 21.4. The van der Waals surface area contributed by atoms with Crippen molar-refractivity contribution in [2.75, 3.05) is 31.4 Å². The molecule has 1 amide bonds. The summed E-state index contributed by atoms with van der Waals surface area (Å²) >= 11 is 0. The first-order valence-corrected chi connectivity index (χ1v) is 14.2. The second-order valence-electron chi connectivity index (χ2n) is 11.5. The van der Waals surface area contributed by atoms with Crippen LogP contribution in [0.1, 0.15) is 36.1 Å². The number of methoxy groups -OCH3 is 1. The van der Waals surface area contributed by atoms with Gasteiger partial charge in [-0.1, -0.05) is 29.4 Å². The number of nitrogens with one attached hydrogen (secondary N) is 1. The lowest BCUT2D eigenvalue weighted by molar-refractivity contribution is -0.142. The Balaban J connectivity index is 1.17. The van der Waals surface area contributed by atoms with Gasteiger partial charge in [-0.15, -0.1) is 0 Å². The van der Waals surface area contributed by atoms with Crippen LogP contribution in [0.3, 0.4) is 0 Å². The van der Waals surface area contributed by atoms with Gasteiger partial charge in [0.05, 0.1) is 31.9 Å². The van der Waals surface area contributed by atoms with Crippen LogP contribution in [0.25, 0.3) is 22.2 Å². The van der Waals surface area contributed by atoms with Crippen LogP contribution in [-0.2, 0) is 23.2 Å². The lowest BCUT2D eigenvalue weighted by atomic mass is 9.99. The van der Waals surface area contributed by atoms with Crippen molar-refractivity contribution in [2.24, 2.45) is 0 Å². The Kier molecular flexibility index (Phi) is 7.71. The Hall–Kier alpha value is -4.94. The molecule has 9 nitrogen and oxygen atoms in total. The minimum Gasteiger partial charge on any atom is -0.497 e. The van der Waals surface area contributed by atoms with Crippen molar-refractivity contribution < 1.29 is 31.6 Å². The summed E-state index contributed by atoms with van der Waals surface area (Å²) in [5, 5.41) is 11.7. The molecule has 0 unspecified atom stereocenters. The van der Waals surface area contributed by atoms with Crippen LogP contribution in [0.15, 0.2) is 65.3 Å². The maximum Gasteiger partial charge on any atom is 0.390 e. The molecule has 1 fully saturated rings. The number of aromatic nitrogens is 4. The average molecular weight is 623 g/mol. The Labute approximate surface area is 255 Å². The molecule has 2 aromatic carbocycles. The predicted molar refractivity (Wildman–Crippen MR) is 160 cm³/mol. The van der Waals surface area contributed by atoms with Crippen molar-refractivity contribution in [3.8, 4) is 16.9 Å². The van der Waals surface area contributed by atoms with Crippen molar-refractivity contribution in [2.45, 2.75) is 43.8 Å². The third kappa shape index (κ3) is 6.47. The van der Waals surface area contributed by atoms with Gasteiger partial charge in [-0.25, -0.2) is 14.1 Å². The molecule has 0 aliphatic heterocycles. The number of nitrogens with zero attached hydrogens (tertiary/aromatic N) is 5. The van der Waals surface area contributed by atoms with Crippen molar-refractivity contribution in [1.29, 1.82) is 0 Å². The number of hydrogen-bond donors (Lipinski definition) is 1. The topological polar surface area (TPSA) is 98.3 Å².